The van der Waals surface area contributed by atoms with Crippen LogP contribution in [0.5, 0.6) is 0 Å². The number of hydrogen-bond acceptors (Lipinski definition) is 0. The smallest absolute Gasteiger partial charge is 1.00 e. The Balaban J connectivity index is 0. The summed E-state index contributed by atoms with van der Waals surface area (Å²) in [7, 11) is 0. The minimum Gasteiger partial charge on any atom is -1.00 e. The Bertz CT molecular complexity index is 6.85. The summed E-state index contributed by atoms with van der Waals surface area (Å²) in [6.07, 6.45) is 0. The molecule has 1 nitrogen and oxygen atoms in total. The van der Waals surface area contributed by atoms with E-state index in [1.165, 1.54) is 0 Å². The second kappa shape index (κ2) is 35.8. The summed E-state index contributed by atoms with van der Waals surface area (Å²) in [5, 5.41) is 0. The Hall–Kier alpha value is 2.12. The van der Waals surface area contributed by atoms with Gasteiger partial charge in [-0.25, -0.2) is 0 Å². The molecule has 0 atom stereocenters. The van der Waals surface area contributed by atoms with Crippen molar-refractivity contribution in [2.45, 2.75) is 0 Å². The molecule has 0 aliphatic rings. The Morgan fingerprint density at radius 1 is 0.600 bits per heavy atom. The largest absolute Gasteiger partial charge is 3.00 e. The van der Waals surface area contributed by atoms with E-state index < -0.39 is 0 Å². The Labute approximate surface area is 80.2 Å². The van der Waals surface area contributed by atoms with Crippen molar-refractivity contribution in [2.24, 2.45) is 0 Å². The molecule has 0 amide bonds. The molecule has 0 bridgehead atoms. The maximum Gasteiger partial charge on any atom is 3.00 e. The first-order valence-electron chi connectivity index (χ1n) is 0. The molecule has 0 saturated heterocycles. The molecule has 0 fully saturated rings. The number of halogens is 3. The fourth-order valence-electron chi connectivity index (χ4n) is 0. The van der Waals surface area contributed by atoms with E-state index in [4.69, 9.17) is 0 Å². The Kier molecular flexibility index (Phi) is 425. The van der Waals surface area contributed by atoms with E-state index in [9.17, 15) is 0 Å². The second-order valence-corrected chi connectivity index (χ2v) is 0. The fourth-order valence-corrected chi connectivity index (χ4v) is 0. The average molecular weight is 283 g/mol. The molecule has 0 saturated carbocycles. The Morgan fingerprint density at radius 3 is 0.600 bits per heavy atom. The van der Waals surface area contributed by atoms with Gasteiger partial charge >= 0.3 is 38.6 Å². The van der Waals surface area contributed by atoms with Crippen LogP contribution in [0, 0.1) is 38.6 Å². The molecule has 38 valence electrons. The van der Waals surface area contributed by atoms with Gasteiger partial charge in [0.1, 0.15) is 0 Å². The van der Waals surface area contributed by atoms with Gasteiger partial charge in [-0.15, -0.1) is 0 Å². The molecular formula is H2Cl3OTb. The van der Waals surface area contributed by atoms with Gasteiger partial charge in [0.2, 0.25) is 0 Å². The molecule has 0 rings (SSSR count). The van der Waals surface area contributed by atoms with E-state index in [0.717, 1.165) is 0 Å². The first-order valence-corrected chi connectivity index (χ1v) is 0. The summed E-state index contributed by atoms with van der Waals surface area (Å²) in [5.41, 5.74) is 0. The first kappa shape index (κ1) is 59.5. The van der Waals surface area contributed by atoms with Gasteiger partial charge in [0.15, 0.2) is 0 Å². The van der Waals surface area contributed by atoms with Crippen LogP contribution in [0.15, 0.2) is 0 Å². The summed E-state index contributed by atoms with van der Waals surface area (Å²) >= 11 is 0. The molecule has 0 aliphatic heterocycles. The van der Waals surface area contributed by atoms with Crippen LogP contribution in [0.1, 0.15) is 0 Å². The zero-order valence-electron chi connectivity index (χ0n) is 1.97. The predicted octanol–water partition coefficient (Wildman–Crippen LogP) is -9.81. The van der Waals surface area contributed by atoms with E-state index >= 15 is 0 Å². The minimum atomic E-state index is 0. The van der Waals surface area contributed by atoms with Crippen LogP contribution in [0.2, 0.25) is 0 Å². The molecule has 5 heteroatoms. The molecule has 0 aromatic heterocycles. The summed E-state index contributed by atoms with van der Waals surface area (Å²) in [6.45, 7) is 0. The summed E-state index contributed by atoms with van der Waals surface area (Å²) < 4.78 is 0. The SMILES string of the molecule is O.[Cl-].[Cl-].[Cl-].[Tb+3]. The topological polar surface area (TPSA) is 31.5 Å². The van der Waals surface area contributed by atoms with E-state index in [-0.39, 0.29) is 81.3 Å². The van der Waals surface area contributed by atoms with Gasteiger partial charge in [0.25, 0.3) is 0 Å². The summed E-state index contributed by atoms with van der Waals surface area (Å²) in [5.74, 6) is 0. The van der Waals surface area contributed by atoms with Gasteiger partial charge < -0.3 is 42.7 Å². The third kappa shape index (κ3) is 23.1. The van der Waals surface area contributed by atoms with Crippen molar-refractivity contribution in [3.8, 4) is 0 Å². The zero-order valence-corrected chi connectivity index (χ0v) is 6.37. The molecule has 5 heavy (non-hydrogen) atoms. The van der Waals surface area contributed by atoms with Gasteiger partial charge in [-0.3, -0.25) is 0 Å². The van der Waals surface area contributed by atoms with Crippen molar-refractivity contribution in [3.63, 3.8) is 0 Å². The normalized spacial score (nSPS) is 0. The van der Waals surface area contributed by atoms with E-state index in [0.29, 0.717) is 0 Å². The van der Waals surface area contributed by atoms with Crippen LogP contribution in [0.3, 0.4) is 0 Å². The molecule has 2 N–H and O–H groups in total. The standard InChI is InChI=1S/3ClH.H2O.Tb/h3*1H;1H2;/q;;;;+3/p-3. The van der Waals surface area contributed by atoms with Gasteiger partial charge in [-0.1, -0.05) is 0 Å². The maximum absolute atomic E-state index is 0. The first-order chi connectivity index (χ1) is 0. The molecule has 0 unspecified atom stereocenters. The molecular weight excluding hydrogens is 281 g/mol. The summed E-state index contributed by atoms with van der Waals surface area (Å²) in [6, 6.07) is 0. The van der Waals surface area contributed by atoms with Gasteiger partial charge in [-0.05, 0) is 0 Å². The number of hydrogen-bond donors (Lipinski definition) is 0. The third-order valence-corrected chi connectivity index (χ3v) is 0. The third-order valence-electron chi connectivity index (χ3n) is 0. The predicted molar refractivity (Wildman–Crippen MR) is 3.61 cm³/mol. The van der Waals surface area contributed by atoms with Crippen LogP contribution in [0.4, 0.5) is 0 Å². The molecule has 0 aromatic rings. The van der Waals surface area contributed by atoms with Crippen molar-refractivity contribution in [1.82, 2.24) is 0 Å². The molecule has 0 spiro atoms. The van der Waals surface area contributed by atoms with Crippen molar-refractivity contribution in [3.05, 3.63) is 0 Å². The van der Waals surface area contributed by atoms with Gasteiger partial charge in [0.05, 0.1) is 0 Å². The molecule has 0 aromatic carbocycles. The van der Waals surface area contributed by atoms with E-state index in [1.807, 2.05) is 0 Å². The van der Waals surface area contributed by atoms with Crippen molar-refractivity contribution >= 4 is 0 Å². The molecule has 0 heterocycles. The van der Waals surface area contributed by atoms with Crippen molar-refractivity contribution in [2.75, 3.05) is 0 Å². The quantitative estimate of drug-likeness (QED) is 0.423. The zero-order chi connectivity index (χ0) is 0. The maximum atomic E-state index is 0. The van der Waals surface area contributed by atoms with Crippen LogP contribution >= 0.6 is 0 Å². The van der Waals surface area contributed by atoms with E-state index in [1.54, 1.807) is 0 Å². The molecule has 0 radical (unpaired) electrons. The minimum absolute atomic E-state index is 0. The second-order valence-electron chi connectivity index (χ2n) is 0. The van der Waals surface area contributed by atoms with Crippen LogP contribution in [-0.4, -0.2) is 5.48 Å². The average Bonchev–Trinajstić information content (AvgIpc) is 0. The summed E-state index contributed by atoms with van der Waals surface area (Å²) in [4.78, 5) is 0. The number of rotatable bonds is 0. The van der Waals surface area contributed by atoms with Gasteiger partial charge in [0, 0.05) is 0 Å². The monoisotopic (exact) mass is 282 g/mol. The van der Waals surface area contributed by atoms with Gasteiger partial charge in [-0.2, -0.15) is 0 Å². The van der Waals surface area contributed by atoms with Crippen molar-refractivity contribution in [1.29, 1.82) is 0 Å². The Morgan fingerprint density at radius 2 is 0.600 bits per heavy atom. The van der Waals surface area contributed by atoms with Crippen LogP contribution in [-0.2, 0) is 0 Å². The van der Waals surface area contributed by atoms with Crippen LogP contribution in [0.25, 0.3) is 0 Å². The van der Waals surface area contributed by atoms with Crippen LogP contribution < -0.4 is 37.2 Å². The van der Waals surface area contributed by atoms with E-state index in [2.05, 4.69) is 0 Å². The fraction of sp³-hybridized carbons (Fsp3) is 0. The molecule has 0 aliphatic carbocycles. The van der Waals surface area contributed by atoms with Crippen molar-refractivity contribution < 1.29 is 81.3 Å².